The van der Waals surface area contributed by atoms with Gasteiger partial charge in [0.05, 0.1) is 23.5 Å². The average molecular weight is 641 g/mol. The molecule has 0 aromatic heterocycles. The van der Waals surface area contributed by atoms with Gasteiger partial charge in [0.25, 0.3) is 0 Å². The number of allylic oxidation sites excluding steroid dienone is 2. The monoisotopic (exact) mass is 640 g/mol. The van der Waals surface area contributed by atoms with Crippen LogP contribution in [0.1, 0.15) is 71.2 Å². The summed E-state index contributed by atoms with van der Waals surface area (Å²) in [5, 5.41) is 25.6. The van der Waals surface area contributed by atoms with E-state index in [1.807, 2.05) is 6.92 Å². The van der Waals surface area contributed by atoms with Crippen molar-refractivity contribution in [3.8, 4) is 0 Å². The highest BCUT2D eigenvalue weighted by Crippen LogP contribution is 2.70. The summed E-state index contributed by atoms with van der Waals surface area (Å²) in [6.07, 6.45) is 0.265. The van der Waals surface area contributed by atoms with Gasteiger partial charge < -0.3 is 33.9 Å². The molecule has 11 heteroatoms. The van der Waals surface area contributed by atoms with Crippen molar-refractivity contribution in [3.05, 3.63) is 60.2 Å². The molecule has 11 nitrogen and oxygen atoms in total. The lowest BCUT2D eigenvalue weighted by atomic mass is 9.52. The molecule has 2 saturated heterocycles. The number of fused-ring (bicyclic) bond motifs is 1. The van der Waals surface area contributed by atoms with Gasteiger partial charge in [-0.05, 0) is 50.8 Å². The molecule has 250 valence electrons. The van der Waals surface area contributed by atoms with Gasteiger partial charge in [0.15, 0.2) is 5.60 Å². The van der Waals surface area contributed by atoms with Crippen LogP contribution in [0.2, 0.25) is 0 Å². The van der Waals surface area contributed by atoms with E-state index in [1.54, 1.807) is 56.3 Å². The van der Waals surface area contributed by atoms with E-state index in [1.165, 1.54) is 20.8 Å². The summed E-state index contributed by atoms with van der Waals surface area (Å²) in [5.41, 5.74) is -5.09. The zero-order valence-electron chi connectivity index (χ0n) is 27.2. The fraction of sp³-hybridized carbons (Fsp3) is 0.600. The summed E-state index contributed by atoms with van der Waals surface area (Å²) in [4.78, 5) is 52.8. The van der Waals surface area contributed by atoms with E-state index in [0.717, 1.165) is 0 Å². The average Bonchev–Trinajstić information content (AvgIpc) is 3.18. The van der Waals surface area contributed by atoms with Gasteiger partial charge in [0.1, 0.15) is 23.9 Å². The highest BCUT2D eigenvalue weighted by atomic mass is 16.7. The SMILES string of the molecule is C=C(C)[C@H]1C=C[C@@H](OC(C)=O)[C@]23CO[C@@](O)([C@@](C)(O)[C@H]12)[C@@]1(OC(C)=O)C[C@H](C)[C@H](OC(=O)CCC)[C@@H]1[C@H]3OC(=O)c1ccccc1. The molecule has 0 unspecified atom stereocenters. The largest absolute Gasteiger partial charge is 0.461 e. The summed E-state index contributed by atoms with van der Waals surface area (Å²) >= 11 is 0. The van der Waals surface area contributed by atoms with Gasteiger partial charge in [-0.3, -0.25) is 14.4 Å². The second kappa shape index (κ2) is 11.9. The quantitative estimate of drug-likeness (QED) is 0.243. The molecule has 2 bridgehead atoms. The van der Waals surface area contributed by atoms with Crippen LogP contribution in [0.5, 0.6) is 0 Å². The highest BCUT2D eigenvalue weighted by molar-refractivity contribution is 5.89. The Morgan fingerprint density at radius 1 is 1.00 bits per heavy atom. The molecule has 2 aliphatic heterocycles. The molecule has 2 N–H and O–H groups in total. The van der Waals surface area contributed by atoms with Crippen molar-refractivity contribution in [2.24, 2.45) is 29.1 Å². The minimum atomic E-state index is -2.60. The van der Waals surface area contributed by atoms with E-state index in [0.29, 0.717) is 12.0 Å². The maximum Gasteiger partial charge on any atom is 0.338 e. The van der Waals surface area contributed by atoms with Crippen molar-refractivity contribution in [1.82, 2.24) is 0 Å². The van der Waals surface area contributed by atoms with Crippen molar-refractivity contribution >= 4 is 23.9 Å². The van der Waals surface area contributed by atoms with Gasteiger partial charge in [-0.2, -0.15) is 0 Å². The smallest absolute Gasteiger partial charge is 0.338 e. The first-order valence-corrected chi connectivity index (χ1v) is 15.8. The molecular weight excluding hydrogens is 596 g/mol. The highest BCUT2D eigenvalue weighted by Gasteiger charge is 2.86. The molecule has 1 aromatic rings. The Morgan fingerprint density at radius 2 is 1.67 bits per heavy atom. The third-order valence-corrected chi connectivity index (χ3v) is 10.4. The zero-order valence-corrected chi connectivity index (χ0v) is 27.2. The van der Waals surface area contributed by atoms with Crippen molar-refractivity contribution in [2.75, 3.05) is 6.61 Å². The first-order valence-electron chi connectivity index (χ1n) is 15.8. The lowest BCUT2D eigenvalue weighted by Gasteiger charge is -2.62. The molecule has 0 amide bonds. The molecule has 2 heterocycles. The van der Waals surface area contributed by atoms with Crippen LogP contribution in [0, 0.1) is 29.1 Å². The number of rotatable bonds is 8. The van der Waals surface area contributed by atoms with E-state index >= 15 is 0 Å². The summed E-state index contributed by atoms with van der Waals surface area (Å²) in [6, 6.07) is 8.23. The van der Waals surface area contributed by atoms with Gasteiger partial charge in [-0.25, -0.2) is 4.79 Å². The van der Waals surface area contributed by atoms with E-state index in [4.69, 9.17) is 23.7 Å². The molecule has 0 radical (unpaired) electrons. The van der Waals surface area contributed by atoms with Crippen LogP contribution >= 0.6 is 0 Å². The Bertz CT molecular complexity index is 1430. The lowest BCUT2D eigenvalue weighted by Crippen LogP contribution is -2.77. The van der Waals surface area contributed by atoms with Crippen LogP contribution in [0.15, 0.2) is 54.6 Å². The number of hydrogen-bond donors (Lipinski definition) is 2. The Kier molecular flexibility index (Phi) is 8.76. The van der Waals surface area contributed by atoms with E-state index < -0.39 is 88.3 Å². The van der Waals surface area contributed by atoms with Gasteiger partial charge >= 0.3 is 23.9 Å². The lowest BCUT2D eigenvalue weighted by molar-refractivity contribution is -0.411. The van der Waals surface area contributed by atoms with E-state index in [9.17, 15) is 29.4 Å². The summed E-state index contributed by atoms with van der Waals surface area (Å²) in [5.74, 6) is -8.85. The normalized spacial score (nSPS) is 40.6. The first-order chi connectivity index (χ1) is 21.6. The van der Waals surface area contributed by atoms with Crippen molar-refractivity contribution in [2.45, 2.75) is 96.1 Å². The maximum atomic E-state index is 14.0. The number of hydrogen-bond acceptors (Lipinski definition) is 11. The van der Waals surface area contributed by atoms with Gasteiger partial charge in [0, 0.05) is 32.1 Å². The zero-order chi connectivity index (χ0) is 33.8. The summed E-state index contributed by atoms with van der Waals surface area (Å²) in [6.45, 7) is 12.9. The first kappa shape index (κ1) is 33.8. The van der Waals surface area contributed by atoms with Crippen molar-refractivity contribution in [1.29, 1.82) is 0 Å². The molecule has 3 aliphatic carbocycles. The van der Waals surface area contributed by atoms with Gasteiger partial charge in [-0.15, -0.1) is 0 Å². The molecular formula is C35H44O11. The Hall–Kier alpha value is -3.54. The Balaban J connectivity index is 1.87. The number of ether oxygens (including phenoxy) is 5. The second-order valence-corrected chi connectivity index (χ2v) is 13.5. The summed E-state index contributed by atoms with van der Waals surface area (Å²) < 4.78 is 31.0. The number of carbonyl (C=O) groups is 4. The molecule has 46 heavy (non-hydrogen) atoms. The standard InChI is InChI=1S/C35H44O11/c1-8-12-26(38)44-28-20(4)17-34(46-22(6)37)27(28)30(45-31(39)23-13-10-9-11-14-23)33-18-42-35(34,41)32(7,40)29(33)24(19(2)3)15-16-25(33)43-21(5)36/h9-11,13-16,20,24-25,27-30,40-41H,2,8,12,17-18H2,1,3-7H3/t20-,24+,25+,27+,28-,29-,30+,32-,33+,34+,35-/m0/s1. The summed E-state index contributed by atoms with van der Waals surface area (Å²) in [7, 11) is 0. The third kappa shape index (κ3) is 4.89. The van der Waals surface area contributed by atoms with Crippen LogP contribution in [0.4, 0.5) is 0 Å². The molecule has 2 saturated carbocycles. The van der Waals surface area contributed by atoms with Gasteiger partial charge in [-0.1, -0.05) is 50.3 Å². The number of benzene rings is 1. The molecule has 1 aromatic carbocycles. The van der Waals surface area contributed by atoms with Crippen LogP contribution in [-0.2, 0) is 38.1 Å². The van der Waals surface area contributed by atoms with Crippen LogP contribution in [0.3, 0.4) is 0 Å². The predicted molar refractivity (Wildman–Crippen MR) is 163 cm³/mol. The molecule has 4 fully saturated rings. The van der Waals surface area contributed by atoms with E-state index in [2.05, 4.69) is 6.58 Å². The van der Waals surface area contributed by atoms with Gasteiger partial charge in [0.2, 0.25) is 5.79 Å². The van der Waals surface area contributed by atoms with Crippen LogP contribution in [-0.4, -0.2) is 76.0 Å². The second-order valence-electron chi connectivity index (χ2n) is 13.5. The molecule has 5 aliphatic rings. The van der Waals surface area contributed by atoms with Crippen LogP contribution < -0.4 is 0 Å². The predicted octanol–water partition coefficient (Wildman–Crippen LogP) is 3.66. The molecule has 1 spiro atoms. The van der Waals surface area contributed by atoms with Crippen LogP contribution in [0.25, 0.3) is 0 Å². The van der Waals surface area contributed by atoms with Crippen molar-refractivity contribution in [3.63, 3.8) is 0 Å². The number of carbonyl (C=O) groups excluding carboxylic acids is 4. The minimum absolute atomic E-state index is 0.0910. The topological polar surface area (TPSA) is 155 Å². The fourth-order valence-corrected chi connectivity index (χ4v) is 8.85. The Morgan fingerprint density at radius 3 is 2.26 bits per heavy atom. The fourth-order valence-electron chi connectivity index (χ4n) is 8.85. The third-order valence-electron chi connectivity index (χ3n) is 10.4. The molecule has 11 atom stereocenters. The molecule has 6 rings (SSSR count). The van der Waals surface area contributed by atoms with E-state index in [-0.39, 0.29) is 25.0 Å². The van der Waals surface area contributed by atoms with Crippen molar-refractivity contribution < 1.29 is 53.1 Å². The number of aliphatic hydroxyl groups is 2. The minimum Gasteiger partial charge on any atom is -0.461 e. The Labute approximate surface area is 268 Å². The maximum absolute atomic E-state index is 14.0. The number of esters is 4.